The predicted molar refractivity (Wildman–Crippen MR) is 97.4 cm³/mol. The van der Waals surface area contributed by atoms with Gasteiger partial charge in [0.25, 0.3) is 5.56 Å². The number of fused-ring (bicyclic) bond motifs is 1. The molecule has 3 atom stereocenters. The number of aromatic amines is 1. The SMILES string of the molecule is COCCO[C@H]1C[C@@H](COP(O)(O)=S)O[C@H]1n1cnc2c(=O)[nH]c(N)nc21. The van der Waals surface area contributed by atoms with Gasteiger partial charge in [-0.15, -0.1) is 0 Å². The van der Waals surface area contributed by atoms with Crippen molar-refractivity contribution in [1.82, 2.24) is 19.5 Å². The molecule has 0 unspecified atom stereocenters. The molecule has 27 heavy (non-hydrogen) atoms. The lowest BCUT2D eigenvalue weighted by atomic mass is 10.2. The number of rotatable bonds is 8. The zero-order valence-electron chi connectivity index (χ0n) is 14.3. The van der Waals surface area contributed by atoms with Crippen LogP contribution in [-0.4, -0.2) is 68.4 Å². The molecule has 0 spiro atoms. The summed E-state index contributed by atoms with van der Waals surface area (Å²) in [5.41, 5.74) is 5.52. The van der Waals surface area contributed by atoms with E-state index in [4.69, 9.17) is 24.5 Å². The topological polar surface area (TPSA) is 167 Å². The summed E-state index contributed by atoms with van der Waals surface area (Å²) in [6, 6.07) is 0. The zero-order valence-corrected chi connectivity index (χ0v) is 16.1. The minimum Gasteiger partial charge on any atom is -0.382 e. The van der Waals surface area contributed by atoms with E-state index in [-0.39, 0.29) is 23.7 Å². The highest BCUT2D eigenvalue weighted by Crippen LogP contribution is 2.39. The first-order chi connectivity index (χ1) is 12.8. The lowest BCUT2D eigenvalue weighted by Gasteiger charge is -2.20. The zero-order chi connectivity index (χ0) is 19.6. The molecular weight excluding hydrogens is 401 g/mol. The van der Waals surface area contributed by atoms with Gasteiger partial charge in [0.05, 0.1) is 32.3 Å². The van der Waals surface area contributed by atoms with Crippen LogP contribution in [-0.2, 0) is 30.5 Å². The third kappa shape index (κ3) is 4.89. The Morgan fingerprint density at radius 1 is 1.52 bits per heavy atom. The maximum absolute atomic E-state index is 12.0. The molecule has 0 aliphatic carbocycles. The summed E-state index contributed by atoms with van der Waals surface area (Å²) >= 11 is 4.46. The fourth-order valence-electron chi connectivity index (χ4n) is 2.81. The van der Waals surface area contributed by atoms with Gasteiger partial charge in [-0.1, -0.05) is 0 Å². The minimum atomic E-state index is -3.80. The molecule has 150 valence electrons. The highest BCUT2D eigenvalue weighted by Gasteiger charge is 2.39. The minimum absolute atomic E-state index is 0.0507. The molecule has 2 aromatic rings. The van der Waals surface area contributed by atoms with Crippen LogP contribution >= 0.6 is 6.72 Å². The number of hydrogen-bond donors (Lipinski definition) is 4. The van der Waals surface area contributed by atoms with Crippen LogP contribution in [0.2, 0.25) is 0 Å². The third-order valence-electron chi connectivity index (χ3n) is 3.92. The van der Waals surface area contributed by atoms with E-state index < -0.39 is 30.7 Å². The molecule has 1 aliphatic rings. The van der Waals surface area contributed by atoms with Gasteiger partial charge in [0, 0.05) is 13.5 Å². The van der Waals surface area contributed by atoms with Gasteiger partial charge in [0.1, 0.15) is 6.10 Å². The molecule has 1 aliphatic heterocycles. The van der Waals surface area contributed by atoms with Crippen LogP contribution in [0.15, 0.2) is 11.1 Å². The van der Waals surface area contributed by atoms with Crippen molar-refractivity contribution in [3.05, 3.63) is 16.7 Å². The van der Waals surface area contributed by atoms with Crippen molar-refractivity contribution >= 4 is 35.6 Å². The number of anilines is 1. The lowest BCUT2D eigenvalue weighted by molar-refractivity contribution is -0.0739. The second kappa shape index (κ2) is 8.29. The Morgan fingerprint density at radius 2 is 2.30 bits per heavy atom. The molecule has 3 rings (SSSR count). The van der Waals surface area contributed by atoms with E-state index in [0.717, 1.165) is 0 Å². The Kier molecular flexibility index (Phi) is 6.23. The molecular formula is C13H20N5O7PS. The van der Waals surface area contributed by atoms with E-state index in [1.54, 1.807) is 11.7 Å². The standard InChI is InChI=1S/C13H20N5O7PS/c1-22-2-3-23-8-4-7(5-24-26(20,21)27)25-12(8)18-6-15-9-10(18)16-13(14)17-11(9)19/h6-8,12H,2-5H2,1H3,(H2,20,21,27)(H3,14,16,17,19)/t7-,8-,12+/m0/s1. The van der Waals surface area contributed by atoms with E-state index in [2.05, 4.69) is 26.8 Å². The molecule has 12 nitrogen and oxygen atoms in total. The van der Waals surface area contributed by atoms with Crippen molar-refractivity contribution in [2.75, 3.05) is 32.7 Å². The third-order valence-corrected chi connectivity index (χ3v) is 4.72. The van der Waals surface area contributed by atoms with E-state index >= 15 is 0 Å². The number of nitrogens with zero attached hydrogens (tertiary/aromatic N) is 3. The van der Waals surface area contributed by atoms with E-state index in [1.807, 2.05) is 0 Å². The summed E-state index contributed by atoms with van der Waals surface area (Å²) in [5, 5.41) is 0. The fourth-order valence-corrected chi connectivity index (χ4v) is 3.35. The van der Waals surface area contributed by atoms with E-state index in [1.165, 1.54) is 6.33 Å². The van der Waals surface area contributed by atoms with Crippen molar-refractivity contribution < 1.29 is 28.5 Å². The van der Waals surface area contributed by atoms with Crippen LogP contribution in [0, 0.1) is 0 Å². The van der Waals surface area contributed by atoms with Crippen LogP contribution in [0.4, 0.5) is 5.95 Å². The van der Waals surface area contributed by atoms with Gasteiger partial charge in [-0.05, 0) is 11.8 Å². The molecule has 0 aromatic carbocycles. The van der Waals surface area contributed by atoms with Gasteiger partial charge >= 0.3 is 6.72 Å². The van der Waals surface area contributed by atoms with Crippen LogP contribution in [0.3, 0.4) is 0 Å². The van der Waals surface area contributed by atoms with Gasteiger partial charge in [0.2, 0.25) is 5.95 Å². The summed E-state index contributed by atoms with van der Waals surface area (Å²) in [7, 11) is 1.56. The number of hydrogen-bond acceptors (Lipinski definition) is 9. The number of H-pyrrole nitrogens is 1. The summed E-state index contributed by atoms with van der Waals surface area (Å²) in [6.45, 7) is -3.22. The summed E-state index contributed by atoms with van der Waals surface area (Å²) in [6.07, 6.45) is 0.173. The number of nitrogen functional groups attached to an aromatic ring is 1. The molecule has 0 saturated carbocycles. The van der Waals surface area contributed by atoms with Crippen LogP contribution in [0.1, 0.15) is 12.6 Å². The molecule has 0 amide bonds. The van der Waals surface area contributed by atoms with Crippen molar-refractivity contribution in [2.45, 2.75) is 24.9 Å². The van der Waals surface area contributed by atoms with Gasteiger partial charge in [-0.2, -0.15) is 4.98 Å². The maximum atomic E-state index is 12.0. The molecule has 0 radical (unpaired) electrons. The molecule has 2 aromatic heterocycles. The molecule has 3 heterocycles. The largest absolute Gasteiger partial charge is 0.382 e. The Labute approximate surface area is 158 Å². The number of ether oxygens (including phenoxy) is 3. The fraction of sp³-hybridized carbons (Fsp3) is 0.615. The Balaban J connectivity index is 1.86. The Bertz CT molecular complexity index is 899. The number of imidazole rings is 1. The Hall–Kier alpha value is -1.44. The van der Waals surface area contributed by atoms with Crippen LogP contribution < -0.4 is 11.3 Å². The summed E-state index contributed by atoms with van der Waals surface area (Å²) in [5.74, 6) is -0.0507. The first kappa shape index (κ1) is 20.3. The van der Waals surface area contributed by atoms with E-state index in [0.29, 0.717) is 19.6 Å². The normalized spacial score (nSPS) is 23.3. The average Bonchev–Trinajstić information content (AvgIpc) is 3.16. The molecule has 5 N–H and O–H groups in total. The first-order valence-corrected chi connectivity index (χ1v) is 10.6. The average molecular weight is 421 g/mol. The lowest BCUT2D eigenvalue weighted by Crippen LogP contribution is -2.24. The molecule has 0 bridgehead atoms. The Morgan fingerprint density at radius 3 is 3.00 bits per heavy atom. The second-order valence-electron chi connectivity index (χ2n) is 5.85. The second-order valence-corrected chi connectivity index (χ2v) is 8.51. The van der Waals surface area contributed by atoms with Crippen LogP contribution in [0.5, 0.6) is 0 Å². The number of aromatic nitrogens is 4. The monoisotopic (exact) mass is 421 g/mol. The smallest absolute Gasteiger partial charge is 0.321 e. The molecule has 1 fully saturated rings. The highest BCUT2D eigenvalue weighted by atomic mass is 32.5. The number of methoxy groups -OCH3 is 1. The number of nitrogens with two attached hydrogens (primary N) is 1. The van der Waals surface area contributed by atoms with Gasteiger partial charge in [-0.3, -0.25) is 14.3 Å². The first-order valence-electron chi connectivity index (χ1n) is 7.97. The molecule has 14 heteroatoms. The van der Waals surface area contributed by atoms with Crippen molar-refractivity contribution in [2.24, 2.45) is 0 Å². The predicted octanol–water partition coefficient (Wildman–Crippen LogP) is -0.753. The van der Waals surface area contributed by atoms with Crippen LogP contribution in [0.25, 0.3) is 11.2 Å². The van der Waals surface area contributed by atoms with E-state index in [9.17, 15) is 14.6 Å². The van der Waals surface area contributed by atoms with Gasteiger partial charge < -0.3 is 34.3 Å². The van der Waals surface area contributed by atoms with Crippen molar-refractivity contribution in [3.8, 4) is 0 Å². The summed E-state index contributed by atoms with van der Waals surface area (Å²) < 4.78 is 23.2. The number of nitrogens with one attached hydrogen (secondary N) is 1. The highest BCUT2D eigenvalue weighted by molar-refractivity contribution is 8.06. The van der Waals surface area contributed by atoms with Gasteiger partial charge in [-0.25, -0.2) is 4.98 Å². The van der Waals surface area contributed by atoms with Crippen molar-refractivity contribution in [3.63, 3.8) is 0 Å². The quantitative estimate of drug-likeness (QED) is 0.313. The summed E-state index contributed by atoms with van der Waals surface area (Å²) in [4.78, 5) is 41.0. The molecule has 1 saturated heterocycles. The van der Waals surface area contributed by atoms with Crippen molar-refractivity contribution in [1.29, 1.82) is 0 Å². The maximum Gasteiger partial charge on any atom is 0.321 e. The van der Waals surface area contributed by atoms with Gasteiger partial charge in [0.15, 0.2) is 17.4 Å².